The number of methoxy groups -OCH3 is 2. The molecule has 3 aromatic carbocycles. The van der Waals surface area contributed by atoms with Crippen LogP contribution < -0.4 is 19.1 Å². The lowest BCUT2D eigenvalue weighted by atomic mass is 9.96. The summed E-state index contributed by atoms with van der Waals surface area (Å²) >= 11 is 0. The molecule has 162 valence electrons. The quantitative estimate of drug-likeness (QED) is 0.512. The molecular weight excluding hydrogens is 388 g/mol. The van der Waals surface area contributed by atoms with Crippen molar-refractivity contribution in [2.75, 3.05) is 39.3 Å². The van der Waals surface area contributed by atoms with Gasteiger partial charge in [-0.15, -0.1) is 0 Å². The molecule has 0 spiro atoms. The van der Waals surface area contributed by atoms with Crippen LogP contribution in [0.4, 0.5) is 5.69 Å². The van der Waals surface area contributed by atoms with Gasteiger partial charge in [-0.2, -0.15) is 0 Å². The van der Waals surface area contributed by atoms with E-state index in [2.05, 4.69) is 59.3 Å². The highest BCUT2D eigenvalue weighted by Gasteiger charge is 2.41. The van der Waals surface area contributed by atoms with Crippen LogP contribution in [-0.2, 0) is 6.54 Å². The van der Waals surface area contributed by atoms with Gasteiger partial charge in [0, 0.05) is 18.8 Å². The summed E-state index contributed by atoms with van der Waals surface area (Å²) in [6, 6.07) is 26.9. The number of benzene rings is 3. The molecule has 5 nitrogen and oxygen atoms in total. The predicted molar refractivity (Wildman–Crippen MR) is 124 cm³/mol. The number of nitrogens with zero attached hydrogens (tertiary/aromatic N) is 2. The van der Waals surface area contributed by atoms with E-state index in [4.69, 9.17) is 14.2 Å². The van der Waals surface area contributed by atoms with Crippen molar-refractivity contribution in [2.24, 2.45) is 0 Å². The van der Waals surface area contributed by atoms with E-state index in [9.17, 15) is 0 Å². The molecule has 4 rings (SSSR count). The molecule has 1 aliphatic heterocycles. The largest absolute Gasteiger partial charge is 0.497 e. The van der Waals surface area contributed by atoms with Gasteiger partial charge < -0.3 is 19.1 Å². The van der Waals surface area contributed by atoms with Crippen LogP contribution in [0.15, 0.2) is 78.9 Å². The Labute approximate surface area is 184 Å². The molecule has 5 heteroatoms. The number of rotatable bonds is 9. The summed E-state index contributed by atoms with van der Waals surface area (Å²) in [5, 5.41) is 0. The summed E-state index contributed by atoms with van der Waals surface area (Å²) in [5.41, 5.74) is 2.50. The molecule has 3 aromatic rings. The summed E-state index contributed by atoms with van der Waals surface area (Å²) in [7, 11) is 5.54. The van der Waals surface area contributed by atoms with Crippen molar-refractivity contribution in [3.8, 4) is 17.2 Å². The van der Waals surface area contributed by atoms with Crippen LogP contribution in [0, 0.1) is 0 Å². The highest BCUT2D eigenvalue weighted by atomic mass is 16.5. The van der Waals surface area contributed by atoms with Gasteiger partial charge in [-0.3, -0.25) is 4.90 Å². The minimum Gasteiger partial charge on any atom is -0.497 e. The van der Waals surface area contributed by atoms with Gasteiger partial charge in [-0.05, 0) is 61.1 Å². The van der Waals surface area contributed by atoms with Gasteiger partial charge in [-0.25, -0.2) is 0 Å². The highest BCUT2D eigenvalue weighted by Crippen LogP contribution is 2.32. The van der Waals surface area contributed by atoms with E-state index in [1.165, 1.54) is 11.3 Å². The minimum absolute atomic E-state index is 0.119. The third kappa shape index (κ3) is 5.12. The monoisotopic (exact) mass is 418 g/mol. The van der Waals surface area contributed by atoms with Crippen molar-refractivity contribution in [1.82, 2.24) is 4.90 Å². The Morgan fingerprint density at radius 2 is 1.39 bits per heavy atom. The molecule has 0 saturated carbocycles. The Morgan fingerprint density at radius 1 is 0.806 bits per heavy atom. The maximum absolute atomic E-state index is 6.36. The van der Waals surface area contributed by atoms with Crippen LogP contribution in [0.3, 0.4) is 0 Å². The zero-order chi connectivity index (χ0) is 21.6. The predicted octanol–water partition coefficient (Wildman–Crippen LogP) is 4.47. The van der Waals surface area contributed by atoms with Crippen LogP contribution in [0.2, 0.25) is 0 Å². The third-order valence-electron chi connectivity index (χ3n) is 5.75. The fraction of sp³-hybridized carbons (Fsp3) is 0.308. The normalized spacial score (nSPS) is 17.9. The molecule has 1 saturated heterocycles. The summed E-state index contributed by atoms with van der Waals surface area (Å²) in [5.74, 6) is 2.57. The SMILES string of the molecule is COc1ccc(O[C@@H]2CN(c3ccc(OC)cc3)[C@@H]2CN(C)Cc2ccccc2)cc1. The first kappa shape index (κ1) is 21.1. The molecule has 0 aromatic heterocycles. The Bertz CT molecular complexity index is 945. The van der Waals surface area contributed by atoms with Gasteiger partial charge in [-0.1, -0.05) is 30.3 Å². The molecule has 0 N–H and O–H groups in total. The van der Waals surface area contributed by atoms with E-state index in [0.717, 1.165) is 36.9 Å². The summed E-state index contributed by atoms with van der Waals surface area (Å²) in [4.78, 5) is 4.77. The lowest BCUT2D eigenvalue weighted by molar-refractivity contribution is 0.0927. The molecule has 0 aliphatic carbocycles. The average Bonchev–Trinajstić information content (AvgIpc) is 2.81. The van der Waals surface area contributed by atoms with Gasteiger partial charge in [0.05, 0.1) is 26.8 Å². The van der Waals surface area contributed by atoms with E-state index in [-0.39, 0.29) is 12.1 Å². The number of anilines is 1. The number of hydrogen-bond acceptors (Lipinski definition) is 5. The highest BCUT2D eigenvalue weighted by molar-refractivity contribution is 5.53. The zero-order valence-corrected chi connectivity index (χ0v) is 18.4. The van der Waals surface area contributed by atoms with Gasteiger partial charge >= 0.3 is 0 Å². The Hall–Kier alpha value is -3.18. The molecule has 0 bridgehead atoms. The third-order valence-corrected chi connectivity index (χ3v) is 5.75. The smallest absolute Gasteiger partial charge is 0.138 e. The van der Waals surface area contributed by atoms with Crippen LogP contribution >= 0.6 is 0 Å². The second kappa shape index (κ2) is 9.75. The van der Waals surface area contributed by atoms with Crippen molar-refractivity contribution >= 4 is 5.69 Å². The Kier molecular flexibility index (Phi) is 6.63. The van der Waals surface area contributed by atoms with E-state index in [1.807, 2.05) is 36.4 Å². The lowest BCUT2D eigenvalue weighted by Crippen LogP contribution is -2.66. The van der Waals surface area contributed by atoms with E-state index < -0.39 is 0 Å². The topological polar surface area (TPSA) is 34.2 Å². The molecule has 0 radical (unpaired) electrons. The second-order valence-electron chi connectivity index (χ2n) is 7.93. The molecule has 1 heterocycles. The number of likely N-dealkylation sites (N-methyl/N-ethyl adjacent to an activating group) is 1. The molecule has 31 heavy (non-hydrogen) atoms. The summed E-state index contributed by atoms with van der Waals surface area (Å²) in [6.07, 6.45) is 0.119. The summed E-state index contributed by atoms with van der Waals surface area (Å²) < 4.78 is 16.9. The fourth-order valence-electron chi connectivity index (χ4n) is 4.02. The molecule has 1 fully saturated rings. The first-order valence-corrected chi connectivity index (χ1v) is 10.6. The van der Waals surface area contributed by atoms with E-state index in [1.54, 1.807) is 14.2 Å². The van der Waals surface area contributed by atoms with Crippen LogP contribution in [-0.4, -0.2) is 51.4 Å². The van der Waals surface area contributed by atoms with Crippen LogP contribution in [0.1, 0.15) is 5.56 Å². The maximum atomic E-state index is 6.36. The van der Waals surface area contributed by atoms with Crippen LogP contribution in [0.25, 0.3) is 0 Å². The van der Waals surface area contributed by atoms with Gasteiger partial charge in [0.1, 0.15) is 23.4 Å². The van der Waals surface area contributed by atoms with Gasteiger partial charge in [0.2, 0.25) is 0 Å². The standard InChI is InChI=1S/C26H30N2O3/c1-27(17-20-7-5-4-6-8-20)18-25-26(31-24-15-13-23(30-3)14-16-24)19-28(25)21-9-11-22(29-2)12-10-21/h4-16,25-26H,17-19H2,1-3H3/t25-,26-/m1/s1. The Morgan fingerprint density at radius 3 is 2.00 bits per heavy atom. The average molecular weight is 419 g/mol. The van der Waals surface area contributed by atoms with Gasteiger partial charge in [0.15, 0.2) is 0 Å². The molecular formula is C26H30N2O3. The first-order chi connectivity index (χ1) is 15.2. The fourth-order valence-corrected chi connectivity index (χ4v) is 4.02. The van der Waals surface area contributed by atoms with Crippen molar-refractivity contribution < 1.29 is 14.2 Å². The molecule has 0 unspecified atom stereocenters. The van der Waals surface area contributed by atoms with Crippen molar-refractivity contribution in [1.29, 1.82) is 0 Å². The molecule has 2 atom stereocenters. The van der Waals surface area contributed by atoms with Crippen molar-refractivity contribution in [3.63, 3.8) is 0 Å². The van der Waals surface area contributed by atoms with Gasteiger partial charge in [0.25, 0.3) is 0 Å². The molecule has 1 aliphatic rings. The maximum Gasteiger partial charge on any atom is 0.138 e. The molecule has 0 amide bonds. The summed E-state index contributed by atoms with van der Waals surface area (Å²) in [6.45, 7) is 2.66. The van der Waals surface area contributed by atoms with Crippen molar-refractivity contribution in [3.05, 3.63) is 84.4 Å². The Balaban J connectivity index is 1.47. The van der Waals surface area contributed by atoms with E-state index >= 15 is 0 Å². The van der Waals surface area contributed by atoms with Crippen LogP contribution in [0.5, 0.6) is 17.2 Å². The number of ether oxygens (including phenoxy) is 3. The second-order valence-corrected chi connectivity index (χ2v) is 7.93. The number of hydrogen-bond donors (Lipinski definition) is 0. The van der Waals surface area contributed by atoms with E-state index in [0.29, 0.717) is 0 Å². The first-order valence-electron chi connectivity index (χ1n) is 10.6. The minimum atomic E-state index is 0.119. The van der Waals surface area contributed by atoms with Crippen molar-refractivity contribution in [2.45, 2.75) is 18.7 Å². The lowest BCUT2D eigenvalue weighted by Gasteiger charge is -2.50. The zero-order valence-electron chi connectivity index (χ0n) is 18.4.